The molecule has 26 heavy (non-hydrogen) atoms. The first-order valence-corrected chi connectivity index (χ1v) is 9.33. The van der Waals surface area contributed by atoms with Gasteiger partial charge in [-0.15, -0.1) is 0 Å². The van der Waals surface area contributed by atoms with E-state index in [9.17, 15) is 17.8 Å². The van der Waals surface area contributed by atoms with Crippen LogP contribution >= 0.6 is 11.6 Å². The van der Waals surface area contributed by atoms with Crippen molar-refractivity contribution in [2.24, 2.45) is 0 Å². The summed E-state index contributed by atoms with van der Waals surface area (Å²) in [6, 6.07) is 10.3. The molecule has 0 radical (unpaired) electrons. The first-order valence-electron chi connectivity index (χ1n) is 7.80. The van der Waals surface area contributed by atoms with Crippen LogP contribution in [0.4, 0.5) is 8.78 Å². The van der Waals surface area contributed by atoms with E-state index in [0.29, 0.717) is 9.92 Å². The normalized spacial score (nSPS) is 13.9. The molecule has 140 valence electrons. The van der Waals surface area contributed by atoms with Gasteiger partial charge in [-0.1, -0.05) is 41.4 Å². The quantitative estimate of drug-likeness (QED) is 0.707. The first-order chi connectivity index (χ1) is 12.3. The smallest absolute Gasteiger partial charge is 0.379 e. The van der Waals surface area contributed by atoms with Crippen LogP contribution in [0.15, 0.2) is 53.4 Å². The Morgan fingerprint density at radius 3 is 2.31 bits per heavy atom. The minimum absolute atomic E-state index is 0.0629. The van der Waals surface area contributed by atoms with Crippen molar-refractivity contribution in [2.75, 3.05) is 6.61 Å². The van der Waals surface area contributed by atoms with Crippen LogP contribution in [0, 0.1) is 6.92 Å². The molecule has 1 unspecified atom stereocenters. The predicted octanol–water partition coefficient (Wildman–Crippen LogP) is 4.20. The van der Waals surface area contributed by atoms with Gasteiger partial charge >= 0.3 is 11.9 Å². The van der Waals surface area contributed by atoms with Crippen LogP contribution in [0.5, 0.6) is 0 Å². The molecule has 4 nitrogen and oxygen atoms in total. The van der Waals surface area contributed by atoms with Crippen molar-refractivity contribution in [3.05, 3.63) is 64.7 Å². The van der Waals surface area contributed by atoms with Crippen LogP contribution < -0.4 is 4.72 Å². The maximum absolute atomic E-state index is 14.7. The second kappa shape index (κ2) is 8.70. The highest BCUT2D eigenvalue weighted by Crippen LogP contribution is 2.34. The van der Waals surface area contributed by atoms with Gasteiger partial charge in [0.05, 0.1) is 11.5 Å². The number of hydrogen-bond donors (Lipinski definition) is 1. The van der Waals surface area contributed by atoms with E-state index in [-0.39, 0.29) is 12.2 Å². The Bertz CT molecular complexity index is 782. The largest absolute Gasteiger partial charge is 0.462 e. The zero-order valence-electron chi connectivity index (χ0n) is 14.2. The van der Waals surface area contributed by atoms with Gasteiger partial charge < -0.3 is 4.74 Å². The molecule has 0 saturated heterocycles. The average Bonchev–Trinajstić information content (AvgIpc) is 2.61. The molecule has 0 saturated carbocycles. The third-order valence-corrected chi connectivity index (χ3v) is 4.98. The summed E-state index contributed by atoms with van der Waals surface area (Å²) in [7, 11) is -1.97. The number of halogens is 3. The number of aryl methyl sites for hydroxylation is 1. The Morgan fingerprint density at radius 2 is 1.77 bits per heavy atom. The summed E-state index contributed by atoms with van der Waals surface area (Å²) in [6.07, 6.45) is 0. The molecular formula is C18H18ClF2NO3S. The van der Waals surface area contributed by atoms with Gasteiger partial charge in [0.2, 0.25) is 0 Å². The maximum atomic E-state index is 14.7. The minimum Gasteiger partial charge on any atom is -0.462 e. The van der Waals surface area contributed by atoms with Crippen LogP contribution in [-0.2, 0) is 20.5 Å². The highest BCUT2D eigenvalue weighted by Gasteiger charge is 2.50. The number of carbonyl (C=O) groups is 1. The molecule has 0 heterocycles. The van der Waals surface area contributed by atoms with Gasteiger partial charge in [0.1, 0.15) is 17.0 Å². The summed E-state index contributed by atoms with van der Waals surface area (Å²) < 4.78 is 48.7. The van der Waals surface area contributed by atoms with E-state index in [1.54, 1.807) is 24.3 Å². The van der Waals surface area contributed by atoms with Crippen LogP contribution in [0.1, 0.15) is 24.1 Å². The van der Waals surface area contributed by atoms with Crippen molar-refractivity contribution in [3.63, 3.8) is 0 Å². The summed E-state index contributed by atoms with van der Waals surface area (Å²) in [4.78, 5) is 12.1. The van der Waals surface area contributed by atoms with Crippen LogP contribution in [0.25, 0.3) is 0 Å². The van der Waals surface area contributed by atoms with Gasteiger partial charge in [0.15, 0.2) is 0 Å². The molecule has 8 heteroatoms. The van der Waals surface area contributed by atoms with Crippen molar-refractivity contribution in [3.8, 4) is 0 Å². The SMILES string of the molecule is CCOC(=O)C(F)(F)[C@@H](NS(=O)c1ccc(C)cc1)c1ccc(Cl)cc1. The molecule has 0 aliphatic carbocycles. The first kappa shape index (κ1) is 20.5. The Balaban J connectivity index is 2.36. The van der Waals surface area contributed by atoms with Gasteiger partial charge in [-0.2, -0.15) is 8.78 Å². The maximum Gasteiger partial charge on any atom is 0.379 e. The van der Waals surface area contributed by atoms with Gasteiger partial charge in [-0.05, 0) is 43.7 Å². The summed E-state index contributed by atoms with van der Waals surface area (Å²) in [5, 5.41) is 0.353. The summed E-state index contributed by atoms with van der Waals surface area (Å²) in [5.41, 5.74) is 1.00. The highest BCUT2D eigenvalue weighted by atomic mass is 35.5. The van der Waals surface area contributed by atoms with Gasteiger partial charge in [-0.3, -0.25) is 0 Å². The average molecular weight is 402 g/mol. The lowest BCUT2D eigenvalue weighted by molar-refractivity contribution is -0.175. The number of nitrogens with one attached hydrogen (secondary N) is 1. The number of carbonyl (C=O) groups excluding carboxylic acids is 1. The summed E-state index contributed by atoms with van der Waals surface area (Å²) in [5.74, 6) is -5.61. The molecule has 0 aliphatic rings. The Morgan fingerprint density at radius 1 is 1.19 bits per heavy atom. The number of hydrogen-bond acceptors (Lipinski definition) is 3. The molecule has 0 bridgehead atoms. The summed E-state index contributed by atoms with van der Waals surface area (Å²) >= 11 is 5.80. The van der Waals surface area contributed by atoms with E-state index in [1.165, 1.54) is 31.2 Å². The second-order valence-corrected chi connectivity index (χ2v) is 7.21. The standard InChI is InChI=1S/C18H18ClF2NO3S/c1-3-25-17(23)18(20,21)16(13-6-8-14(19)9-7-13)22-26(24)15-10-4-12(2)5-11-15/h4-11,16,22H,3H2,1-2H3/t16-,26?/m0/s1. The molecule has 2 atom stereocenters. The lowest BCUT2D eigenvalue weighted by Crippen LogP contribution is -2.45. The molecule has 0 aliphatic heterocycles. The second-order valence-electron chi connectivity index (χ2n) is 5.53. The fourth-order valence-electron chi connectivity index (χ4n) is 2.19. The zero-order valence-corrected chi connectivity index (χ0v) is 15.7. The fraction of sp³-hybridized carbons (Fsp3) is 0.278. The monoisotopic (exact) mass is 401 g/mol. The van der Waals surface area contributed by atoms with Gasteiger partial charge in [-0.25, -0.2) is 13.7 Å². The Labute approximate surface area is 158 Å². The molecular weight excluding hydrogens is 384 g/mol. The van der Waals surface area contributed by atoms with E-state index in [4.69, 9.17) is 11.6 Å². The van der Waals surface area contributed by atoms with E-state index in [0.717, 1.165) is 5.56 Å². The molecule has 2 aromatic rings. The van der Waals surface area contributed by atoms with E-state index in [2.05, 4.69) is 9.46 Å². The van der Waals surface area contributed by atoms with Crippen molar-refractivity contribution < 1.29 is 22.5 Å². The van der Waals surface area contributed by atoms with Gasteiger partial charge in [0, 0.05) is 5.02 Å². The Hall–Kier alpha value is -1.83. The molecule has 2 rings (SSSR count). The number of esters is 1. The van der Waals surface area contributed by atoms with Crippen LogP contribution in [0.2, 0.25) is 5.02 Å². The van der Waals surface area contributed by atoms with Gasteiger partial charge in [0.25, 0.3) is 0 Å². The lowest BCUT2D eigenvalue weighted by atomic mass is 10.0. The number of ether oxygens (including phenoxy) is 1. The van der Waals surface area contributed by atoms with Crippen molar-refractivity contribution in [1.29, 1.82) is 0 Å². The molecule has 0 aromatic heterocycles. The summed E-state index contributed by atoms with van der Waals surface area (Å²) in [6.45, 7) is 3.09. The third kappa shape index (κ3) is 4.87. The Kier molecular flexibility index (Phi) is 6.86. The molecule has 1 N–H and O–H groups in total. The fourth-order valence-corrected chi connectivity index (χ4v) is 3.33. The number of alkyl halides is 2. The van der Waals surface area contributed by atoms with E-state index < -0.39 is 28.9 Å². The lowest BCUT2D eigenvalue weighted by Gasteiger charge is -2.26. The third-order valence-electron chi connectivity index (χ3n) is 3.57. The molecule has 0 spiro atoms. The zero-order chi connectivity index (χ0) is 19.3. The van der Waals surface area contributed by atoms with E-state index >= 15 is 0 Å². The molecule has 0 fully saturated rings. The van der Waals surface area contributed by atoms with Crippen molar-refractivity contribution in [2.45, 2.75) is 30.7 Å². The molecule has 0 amide bonds. The van der Waals surface area contributed by atoms with Crippen molar-refractivity contribution >= 4 is 28.6 Å². The molecule has 2 aromatic carbocycles. The van der Waals surface area contributed by atoms with Crippen LogP contribution in [0.3, 0.4) is 0 Å². The number of benzene rings is 2. The predicted molar refractivity (Wildman–Crippen MR) is 96.5 cm³/mol. The number of rotatable bonds is 7. The van der Waals surface area contributed by atoms with Crippen LogP contribution in [-0.4, -0.2) is 22.7 Å². The topological polar surface area (TPSA) is 55.4 Å². The van der Waals surface area contributed by atoms with E-state index in [1.807, 2.05) is 6.92 Å². The highest BCUT2D eigenvalue weighted by molar-refractivity contribution is 7.83. The minimum atomic E-state index is -3.93. The van der Waals surface area contributed by atoms with Crippen molar-refractivity contribution in [1.82, 2.24) is 4.72 Å².